The van der Waals surface area contributed by atoms with E-state index in [4.69, 9.17) is 5.26 Å². The lowest BCUT2D eigenvalue weighted by Gasteiger charge is -2.35. The minimum Gasteiger partial charge on any atom is -0.296 e. The van der Waals surface area contributed by atoms with Crippen molar-refractivity contribution in [2.24, 2.45) is 5.92 Å². The molecular weight excluding hydrogens is 232 g/mol. The number of hydrogen-bond donors (Lipinski definition) is 0. The van der Waals surface area contributed by atoms with Gasteiger partial charge in [-0.25, -0.2) is 0 Å². The van der Waals surface area contributed by atoms with Crippen molar-refractivity contribution in [1.82, 2.24) is 4.90 Å². The van der Waals surface area contributed by atoms with Gasteiger partial charge in [0.25, 0.3) is 0 Å². The van der Waals surface area contributed by atoms with Crippen molar-refractivity contribution >= 4 is 0 Å². The molecule has 1 heterocycles. The quantitative estimate of drug-likeness (QED) is 0.833. The minimum absolute atomic E-state index is 0.226. The zero-order valence-corrected chi connectivity index (χ0v) is 10.8. The molecule has 0 unspecified atom stereocenters. The highest BCUT2D eigenvalue weighted by Crippen LogP contribution is 2.26. The zero-order valence-electron chi connectivity index (χ0n) is 10.8. The predicted molar refractivity (Wildman–Crippen MR) is 76.3 cm³/mol. The maximum absolute atomic E-state index is 8.83. The molecule has 2 nitrogen and oxygen atoms in total. The molecule has 1 fully saturated rings. The van der Waals surface area contributed by atoms with E-state index in [0.717, 1.165) is 19.6 Å². The molecule has 94 valence electrons. The van der Waals surface area contributed by atoms with E-state index in [-0.39, 0.29) is 5.92 Å². The summed E-state index contributed by atoms with van der Waals surface area (Å²) >= 11 is 0. The van der Waals surface area contributed by atoms with E-state index in [2.05, 4.69) is 59.5 Å². The Morgan fingerprint density at radius 2 is 1.68 bits per heavy atom. The third kappa shape index (κ3) is 2.52. The van der Waals surface area contributed by atoms with Crippen molar-refractivity contribution in [3.05, 3.63) is 60.2 Å². The van der Waals surface area contributed by atoms with Gasteiger partial charge in [0.05, 0.1) is 12.0 Å². The molecule has 2 heteroatoms. The van der Waals surface area contributed by atoms with Gasteiger partial charge >= 0.3 is 0 Å². The summed E-state index contributed by atoms with van der Waals surface area (Å²) in [6.07, 6.45) is 0. The lowest BCUT2D eigenvalue weighted by molar-refractivity contribution is 0.127. The predicted octanol–water partition coefficient (Wildman–Crippen LogP) is 3.31. The first-order valence-corrected chi connectivity index (χ1v) is 6.62. The van der Waals surface area contributed by atoms with Crippen molar-refractivity contribution in [1.29, 1.82) is 5.26 Å². The molecule has 0 radical (unpaired) electrons. The SMILES string of the molecule is N#CC1CN(Cc2ccccc2-c2ccccc2)C1. The fourth-order valence-corrected chi connectivity index (χ4v) is 2.58. The Morgan fingerprint density at radius 1 is 1.00 bits per heavy atom. The van der Waals surface area contributed by atoms with E-state index < -0.39 is 0 Å². The van der Waals surface area contributed by atoms with Gasteiger partial charge in [-0.1, -0.05) is 54.6 Å². The smallest absolute Gasteiger partial charge is 0.0717 e. The maximum Gasteiger partial charge on any atom is 0.0717 e. The average molecular weight is 248 g/mol. The van der Waals surface area contributed by atoms with Crippen LogP contribution in [0.4, 0.5) is 0 Å². The van der Waals surface area contributed by atoms with Gasteiger partial charge in [-0.05, 0) is 16.7 Å². The molecule has 1 aliphatic heterocycles. The first kappa shape index (κ1) is 12.0. The van der Waals surface area contributed by atoms with Gasteiger partial charge in [0.2, 0.25) is 0 Å². The molecule has 0 aliphatic carbocycles. The Balaban J connectivity index is 1.81. The Bertz CT molecular complexity index is 592. The van der Waals surface area contributed by atoms with Crippen molar-refractivity contribution in [2.75, 3.05) is 13.1 Å². The second kappa shape index (κ2) is 5.26. The summed E-state index contributed by atoms with van der Waals surface area (Å²) in [7, 11) is 0. The molecule has 1 saturated heterocycles. The Kier molecular flexibility index (Phi) is 3.31. The molecule has 0 atom stereocenters. The van der Waals surface area contributed by atoms with Crippen molar-refractivity contribution in [3.8, 4) is 17.2 Å². The van der Waals surface area contributed by atoms with Crippen LogP contribution in [-0.2, 0) is 6.54 Å². The number of rotatable bonds is 3. The van der Waals surface area contributed by atoms with Gasteiger partial charge in [-0.2, -0.15) is 5.26 Å². The Hall–Kier alpha value is -2.11. The topological polar surface area (TPSA) is 27.0 Å². The highest BCUT2D eigenvalue weighted by Gasteiger charge is 2.26. The molecule has 2 aromatic carbocycles. The minimum atomic E-state index is 0.226. The number of nitrogens with zero attached hydrogens (tertiary/aromatic N) is 2. The molecule has 0 amide bonds. The molecule has 0 aromatic heterocycles. The van der Waals surface area contributed by atoms with Crippen molar-refractivity contribution in [3.63, 3.8) is 0 Å². The summed E-state index contributed by atoms with van der Waals surface area (Å²) < 4.78 is 0. The maximum atomic E-state index is 8.83. The van der Waals surface area contributed by atoms with Crippen molar-refractivity contribution < 1.29 is 0 Å². The fourth-order valence-electron chi connectivity index (χ4n) is 2.58. The molecule has 2 aromatic rings. The Morgan fingerprint density at radius 3 is 2.42 bits per heavy atom. The van der Waals surface area contributed by atoms with Crippen LogP contribution in [0.15, 0.2) is 54.6 Å². The fraction of sp³-hybridized carbons (Fsp3) is 0.235. The monoisotopic (exact) mass is 248 g/mol. The van der Waals surface area contributed by atoms with Crippen LogP contribution < -0.4 is 0 Å². The van der Waals surface area contributed by atoms with E-state index >= 15 is 0 Å². The number of hydrogen-bond acceptors (Lipinski definition) is 2. The summed E-state index contributed by atoms with van der Waals surface area (Å²) in [5.41, 5.74) is 3.89. The summed E-state index contributed by atoms with van der Waals surface area (Å²) in [5, 5.41) is 8.83. The average Bonchev–Trinajstić information content (AvgIpc) is 2.44. The Labute approximate surface area is 113 Å². The van der Waals surface area contributed by atoms with Crippen LogP contribution in [0.3, 0.4) is 0 Å². The normalized spacial score (nSPS) is 15.7. The van der Waals surface area contributed by atoms with Crippen molar-refractivity contribution in [2.45, 2.75) is 6.54 Å². The van der Waals surface area contributed by atoms with Gasteiger partial charge in [-0.3, -0.25) is 4.90 Å². The summed E-state index contributed by atoms with van der Waals surface area (Å²) in [6.45, 7) is 2.74. The van der Waals surface area contributed by atoms with Crippen LogP contribution in [0.25, 0.3) is 11.1 Å². The number of nitriles is 1. The van der Waals surface area contributed by atoms with Gasteiger partial charge in [0, 0.05) is 19.6 Å². The van der Waals surface area contributed by atoms with Gasteiger partial charge < -0.3 is 0 Å². The second-order valence-electron chi connectivity index (χ2n) is 5.04. The second-order valence-corrected chi connectivity index (χ2v) is 5.04. The van der Waals surface area contributed by atoms with Crippen LogP contribution in [0.1, 0.15) is 5.56 Å². The third-order valence-electron chi connectivity index (χ3n) is 3.64. The third-order valence-corrected chi connectivity index (χ3v) is 3.64. The molecule has 1 aliphatic rings. The van der Waals surface area contributed by atoms with Crippen LogP contribution >= 0.6 is 0 Å². The van der Waals surface area contributed by atoms with Crippen LogP contribution in [-0.4, -0.2) is 18.0 Å². The van der Waals surface area contributed by atoms with Gasteiger partial charge in [0.15, 0.2) is 0 Å². The summed E-state index contributed by atoms with van der Waals surface area (Å²) in [5.74, 6) is 0.226. The van der Waals surface area contributed by atoms with Gasteiger partial charge in [0.1, 0.15) is 0 Å². The van der Waals surface area contributed by atoms with Gasteiger partial charge in [-0.15, -0.1) is 0 Å². The van der Waals surface area contributed by atoms with E-state index in [1.165, 1.54) is 16.7 Å². The summed E-state index contributed by atoms with van der Waals surface area (Å²) in [4.78, 5) is 2.33. The number of benzene rings is 2. The van der Waals surface area contributed by atoms with Crippen LogP contribution in [0, 0.1) is 17.2 Å². The lowest BCUT2D eigenvalue weighted by Crippen LogP contribution is -2.45. The molecule has 0 bridgehead atoms. The lowest BCUT2D eigenvalue weighted by atomic mass is 9.96. The van der Waals surface area contributed by atoms with E-state index in [1.807, 2.05) is 6.07 Å². The molecular formula is C17H16N2. The standard InChI is InChI=1S/C17H16N2/c18-10-14-11-19(12-14)13-16-8-4-5-9-17(16)15-6-2-1-3-7-15/h1-9,14H,11-13H2. The zero-order chi connectivity index (χ0) is 13.1. The summed E-state index contributed by atoms with van der Waals surface area (Å²) in [6, 6.07) is 21.3. The molecule has 3 rings (SSSR count). The van der Waals surface area contributed by atoms with E-state index in [1.54, 1.807) is 0 Å². The molecule has 0 N–H and O–H groups in total. The molecule has 19 heavy (non-hydrogen) atoms. The molecule has 0 saturated carbocycles. The molecule has 0 spiro atoms. The van der Waals surface area contributed by atoms with E-state index in [0.29, 0.717) is 0 Å². The first-order valence-electron chi connectivity index (χ1n) is 6.62. The van der Waals surface area contributed by atoms with Crippen LogP contribution in [0.2, 0.25) is 0 Å². The highest BCUT2D eigenvalue weighted by atomic mass is 15.2. The van der Waals surface area contributed by atoms with Crippen LogP contribution in [0.5, 0.6) is 0 Å². The number of likely N-dealkylation sites (tertiary alicyclic amines) is 1. The highest BCUT2D eigenvalue weighted by molar-refractivity contribution is 5.67. The van der Waals surface area contributed by atoms with E-state index in [9.17, 15) is 0 Å². The first-order chi connectivity index (χ1) is 9.36. The largest absolute Gasteiger partial charge is 0.296 e.